The Morgan fingerprint density at radius 3 is 1.66 bits per heavy atom. The summed E-state index contributed by atoms with van der Waals surface area (Å²) in [7, 11) is 2.59. The SMILES string of the molecule is COC(=O)c1ccc2c(C(=Nc3ccc(C(=O)COCCN4CCCCC4)cc3)c3ccccc3)c(O)[nH]c2c1.COC(=O)c1ccc2c(C(=Nc3ccc(C(=O)O)cc3)c3ccccc3)c(O)n(C(C)=O)c2c1.NOCCBr. The number of Topliss-reactive ketones (excluding diaryl/α,β-unsaturated/α-hetero) is 1. The molecular formula is C60H59BrN6O12. The molecule has 0 radical (unpaired) electrons. The van der Waals surface area contributed by atoms with Crippen LogP contribution >= 0.6 is 15.9 Å². The van der Waals surface area contributed by atoms with E-state index >= 15 is 0 Å². The zero-order chi connectivity index (χ0) is 56.4. The lowest BCUT2D eigenvalue weighted by atomic mass is 10.00. The fourth-order valence-electron chi connectivity index (χ4n) is 8.79. The predicted molar refractivity (Wildman–Crippen MR) is 305 cm³/mol. The van der Waals surface area contributed by atoms with Gasteiger partial charge in [-0.25, -0.2) is 30.3 Å². The summed E-state index contributed by atoms with van der Waals surface area (Å²) in [5.41, 5.74) is 6.48. The van der Waals surface area contributed by atoms with E-state index < -0.39 is 23.8 Å². The highest BCUT2D eigenvalue weighted by Gasteiger charge is 2.26. The number of carbonyl (C=O) groups is 5. The minimum absolute atomic E-state index is 0.0441. The zero-order valence-corrected chi connectivity index (χ0v) is 45.3. The van der Waals surface area contributed by atoms with Crippen molar-refractivity contribution >= 4 is 90.1 Å². The van der Waals surface area contributed by atoms with Crippen molar-refractivity contribution in [2.45, 2.75) is 26.2 Å². The Hall–Kier alpha value is -8.59. The molecule has 0 aliphatic carbocycles. The summed E-state index contributed by atoms with van der Waals surface area (Å²) in [6.07, 6.45) is 3.76. The van der Waals surface area contributed by atoms with Crippen LogP contribution in [0.4, 0.5) is 11.4 Å². The van der Waals surface area contributed by atoms with Crippen molar-refractivity contribution in [1.29, 1.82) is 0 Å². The first kappa shape index (κ1) is 58.1. The van der Waals surface area contributed by atoms with E-state index in [1.54, 1.807) is 66.7 Å². The molecule has 6 aromatic carbocycles. The summed E-state index contributed by atoms with van der Waals surface area (Å²) in [6, 6.07) is 41.4. The molecule has 19 heteroatoms. The highest BCUT2D eigenvalue weighted by atomic mass is 79.9. The highest BCUT2D eigenvalue weighted by molar-refractivity contribution is 9.09. The van der Waals surface area contributed by atoms with Crippen molar-refractivity contribution in [2.24, 2.45) is 15.9 Å². The zero-order valence-electron chi connectivity index (χ0n) is 43.7. The first-order chi connectivity index (χ1) is 38.3. The van der Waals surface area contributed by atoms with E-state index in [-0.39, 0.29) is 35.3 Å². The van der Waals surface area contributed by atoms with Crippen LogP contribution in [0, 0.1) is 0 Å². The van der Waals surface area contributed by atoms with Crippen LogP contribution in [-0.4, -0.2) is 130 Å². The topological polar surface area (TPSA) is 258 Å². The van der Waals surface area contributed by atoms with Crippen LogP contribution in [0.15, 0.2) is 156 Å². The average Bonchev–Trinajstić information content (AvgIpc) is 4.02. The molecular weight excluding hydrogens is 1080 g/mol. The number of esters is 2. The summed E-state index contributed by atoms with van der Waals surface area (Å²) < 4.78 is 16.4. The molecule has 408 valence electrons. The number of carboxylic acids is 1. The number of hydrogen-bond acceptors (Lipinski definition) is 15. The Labute approximate surface area is 463 Å². The molecule has 18 nitrogen and oxygen atoms in total. The molecule has 1 saturated heterocycles. The number of ether oxygens (including phenoxy) is 3. The van der Waals surface area contributed by atoms with Gasteiger partial charge in [0.2, 0.25) is 11.8 Å². The van der Waals surface area contributed by atoms with Crippen molar-refractivity contribution in [3.8, 4) is 11.8 Å². The van der Waals surface area contributed by atoms with E-state index in [1.807, 2.05) is 60.7 Å². The highest BCUT2D eigenvalue weighted by Crippen LogP contribution is 2.36. The van der Waals surface area contributed by atoms with Crippen LogP contribution < -0.4 is 5.90 Å². The molecule has 1 fully saturated rings. The summed E-state index contributed by atoms with van der Waals surface area (Å²) in [5, 5.41) is 33.3. The van der Waals surface area contributed by atoms with Gasteiger partial charge in [-0.15, -0.1) is 0 Å². The Balaban J connectivity index is 0.000000213. The number of carboxylic acid groups (broad SMARTS) is 1. The number of likely N-dealkylation sites (tertiary alicyclic amines) is 1. The quantitative estimate of drug-likeness (QED) is 0.0142. The van der Waals surface area contributed by atoms with Crippen molar-refractivity contribution in [1.82, 2.24) is 14.5 Å². The summed E-state index contributed by atoms with van der Waals surface area (Å²) in [5.74, 6) is 1.61. The lowest BCUT2D eigenvalue weighted by Gasteiger charge is -2.25. The van der Waals surface area contributed by atoms with Gasteiger partial charge in [0.15, 0.2) is 11.7 Å². The van der Waals surface area contributed by atoms with Gasteiger partial charge in [-0.3, -0.25) is 14.2 Å². The number of nitrogens with one attached hydrogen (secondary N) is 1. The van der Waals surface area contributed by atoms with Crippen LogP contribution in [-0.2, 0) is 19.0 Å². The number of hydrogen-bond donors (Lipinski definition) is 5. The van der Waals surface area contributed by atoms with Gasteiger partial charge in [0.1, 0.15) is 6.61 Å². The minimum atomic E-state index is -1.05. The number of carbonyl (C=O) groups excluding carboxylic acids is 4. The van der Waals surface area contributed by atoms with E-state index in [1.165, 1.54) is 58.6 Å². The number of benzene rings is 6. The number of nitrogens with two attached hydrogens (primary N) is 1. The molecule has 8 aromatic rings. The monoisotopic (exact) mass is 1130 g/mol. The molecule has 0 bridgehead atoms. The van der Waals surface area contributed by atoms with Gasteiger partial charge in [-0.05, 0) is 98.7 Å². The third kappa shape index (κ3) is 14.7. The first-order valence-corrected chi connectivity index (χ1v) is 26.2. The number of methoxy groups -OCH3 is 2. The third-order valence-electron chi connectivity index (χ3n) is 12.7. The van der Waals surface area contributed by atoms with Crippen molar-refractivity contribution in [3.63, 3.8) is 0 Å². The molecule has 1 aliphatic rings. The number of nitrogens with zero attached hydrogens (tertiary/aromatic N) is 4. The van der Waals surface area contributed by atoms with E-state index in [2.05, 4.69) is 36.5 Å². The molecule has 0 amide bonds. The van der Waals surface area contributed by atoms with Crippen molar-refractivity contribution in [3.05, 3.63) is 190 Å². The molecule has 1 aliphatic heterocycles. The van der Waals surface area contributed by atoms with Gasteiger partial charge in [-0.2, -0.15) is 0 Å². The maximum atomic E-state index is 12.7. The number of halogens is 1. The molecule has 0 atom stereocenters. The molecule has 2 aromatic heterocycles. The maximum absolute atomic E-state index is 12.7. The molecule has 6 N–H and O–H groups in total. The van der Waals surface area contributed by atoms with Gasteiger partial charge in [0, 0.05) is 51.8 Å². The Morgan fingerprint density at radius 2 is 1.15 bits per heavy atom. The van der Waals surface area contributed by atoms with E-state index in [4.69, 9.17) is 29.3 Å². The summed E-state index contributed by atoms with van der Waals surface area (Å²) >= 11 is 3.10. The van der Waals surface area contributed by atoms with Crippen LogP contribution in [0.5, 0.6) is 11.8 Å². The number of alkyl halides is 1. The van der Waals surface area contributed by atoms with Crippen LogP contribution in [0.25, 0.3) is 21.8 Å². The lowest BCUT2D eigenvalue weighted by molar-refractivity contribution is 0.0592. The number of H-pyrrole nitrogens is 1. The number of aromatic nitrogens is 2. The van der Waals surface area contributed by atoms with Crippen LogP contribution in [0.1, 0.15) is 94.7 Å². The number of rotatable bonds is 17. The number of piperidine rings is 1. The Kier molecular flexibility index (Phi) is 20.7. The predicted octanol–water partition coefficient (Wildman–Crippen LogP) is 10.4. The second-order valence-corrected chi connectivity index (χ2v) is 18.7. The first-order valence-electron chi connectivity index (χ1n) is 25.1. The molecule has 0 unspecified atom stereocenters. The Bertz CT molecular complexity index is 3480. The fourth-order valence-corrected chi connectivity index (χ4v) is 8.98. The second kappa shape index (κ2) is 28.2. The standard InChI is InChI=1S/C32H33N3O5.C26H20N2O6.C2H6BrNO/c1-39-32(38)24-12-15-26-27(20-24)34-31(37)29(26)30(23-8-4-2-5-9-23)33-25-13-10-22(11-14-25)28(36)21-40-19-18-35-16-6-3-7-17-35;1-15(29)28-21-14-18(26(33)34-2)10-13-20(21)22(24(28)30)23(16-6-4-3-5-7-16)27-19-11-8-17(9-12-19)25(31)32;3-1-2-5-4/h2,4-5,8-15,20,34,37H,3,6-7,16-19,21H2,1H3;3-14,30H,1-2H3,(H,31,32);1-2,4H2. The Morgan fingerprint density at radius 1 is 0.633 bits per heavy atom. The number of aromatic hydroxyl groups is 2. The lowest BCUT2D eigenvalue weighted by Crippen LogP contribution is -2.33. The van der Waals surface area contributed by atoms with Gasteiger partial charge in [-0.1, -0.05) is 95.1 Å². The van der Waals surface area contributed by atoms with Crippen LogP contribution in [0.3, 0.4) is 0 Å². The van der Waals surface area contributed by atoms with Crippen molar-refractivity contribution in [2.75, 3.05) is 59.0 Å². The molecule has 0 spiro atoms. The normalized spacial score (nSPS) is 12.7. The number of fused-ring (bicyclic) bond motifs is 2. The van der Waals surface area contributed by atoms with Crippen LogP contribution in [0.2, 0.25) is 0 Å². The molecule has 9 rings (SSSR count). The summed E-state index contributed by atoms with van der Waals surface area (Å²) in [6.45, 7) is 5.54. The second-order valence-electron chi connectivity index (χ2n) is 17.9. The maximum Gasteiger partial charge on any atom is 0.337 e. The van der Waals surface area contributed by atoms with Crippen molar-refractivity contribution < 1.29 is 58.3 Å². The van der Waals surface area contributed by atoms with E-state index in [0.29, 0.717) is 85.6 Å². The number of ketones is 1. The van der Waals surface area contributed by atoms with E-state index in [9.17, 15) is 34.2 Å². The number of aromatic amines is 1. The fraction of sp³-hybridized carbons (Fsp3) is 0.217. The largest absolute Gasteiger partial charge is 0.494 e. The van der Waals surface area contributed by atoms with Gasteiger partial charge in [0.05, 0.1) is 83.6 Å². The van der Waals surface area contributed by atoms with Gasteiger partial charge >= 0.3 is 17.9 Å². The average molecular weight is 1140 g/mol. The number of aliphatic imine (C=N–C) groups is 2. The minimum Gasteiger partial charge on any atom is -0.494 e. The molecule has 0 saturated carbocycles. The summed E-state index contributed by atoms with van der Waals surface area (Å²) in [4.78, 5) is 79.5. The number of aromatic carboxylic acids is 1. The van der Waals surface area contributed by atoms with E-state index in [0.717, 1.165) is 35.1 Å². The molecule has 3 heterocycles. The molecule has 79 heavy (non-hydrogen) atoms. The van der Waals surface area contributed by atoms with Gasteiger partial charge < -0.3 is 44.3 Å². The smallest absolute Gasteiger partial charge is 0.337 e. The van der Waals surface area contributed by atoms with Gasteiger partial charge in [0.25, 0.3) is 0 Å². The third-order valence-corrected chi connectivity index (χ3v) is 13.0.